The lowest BCUT2D eigenvalue weighted by Crippen LogP contribution is -2.29. The molecule has 1 aromatic carbocycles. The van der Waals surface area contributed by atoms with E-state index < -0.39 is 25.9 Å². The van der Waals surface area contributed by atoms with E-state index in [9.17, 15) is 21.6 Å². The van der Waals surface area contributed by atoms with Gasteiger partial charge in [0.25, 0.3) is 0 Å². The van der Waals surface area contributed by atoms with E-state index in [-0.39, 0.29) is 5.75 Å². The third-order valence-electron chi connectivity index (χ3n) is 3.53. The Balaban J connectivity index is 3.19. The monoisotopic (exact) mass is 386 g/mol. The second-order valence-corrected chi connectivity index (χ2v) is 10.6. The van der Waals surface area contributed by atoms with Gasteiger partial charge >= 0.3 is 15.6 Å². The van der Waals surface area contributed by atoms with Crippen molar-refractivity contribution >= 4 is 20.4 Å². The molecule has 0 unspecified atom stereocenters. The van der Waals surface area contributed by atoms with Crippen molar-refractivity contribution < 1.29 is 25.2 Å². The molecule has 0 aliphatic heterocycles. The zero-order chi connectivity index (χ0) is 18.3. The third-order valence-corrected chi connectivity index (χ3v) is 8.89. The Bertz CT molecular complexity index is 578. The average Bonchev–Trinajstić information content (AvgIpc) is 2.50. The lowest BCUT2D eigenvalue weighted by molar-refractivity contribution is -0.0496. The van der Waals surface area contributed by atoms with Crippen molar-refractivity contribution in [2.75, 3.05) is 11.5 Å². The van der Waals surface area contributed by atoms with Gasteiger partial charge in [-0.05, 0) is 18.4 Å². The smallest absolute Gasteiger partial charge is 0.213 e. The highest BCUT2D eigenvalue weighted by Crippen LogP contribution is 2.56. The molecule has 0 aromatic heterocycles. The summed E-state index contributed by atoms with van der Waals surface area (Å²) < 4.78 is 66.8. The molecule has 1 rings (SSSR count). The maximum Gasteiger partial charge on any atom is 0.523 e. The molecule has 140 valence electrons. The molecule has 8 heteroatoms. The summed E-state index contributed by atoms with van der Waals surface area (Å²) in [7, 11) is -8.02. The van der Waals surface area contributed by atoms with Crippen LogP contribution in [0.4, 0.5) is 13.2 Å². The summed E-state index contributed by atoms with van der Waals surface area (Å²) in [5, 5.41) is 0. The number of benzene rings is 1. The van der Waals surface area contributed by atoms with E-state index >= 15 is 0 Å². The normalized spacial score (nSPS) is 13.9. The fourth-order valence-corrected chi connectivity index (χ4v) is 7.75. The molecule has 0 N–H and O–H groups in total. The van der Waals surface area contributed by atoms with Crippen LogP contribution >= 0.6 is 10.3 Å². The molecule has 1 aromatic rings. The number of rotatable bonds is 10. The van der Waals surface area contributed by atoms with Crippen LogP contribution < -0.4 is 0 Å². The van der Waals surface area contributed by atoms with Gasteiger partial charge in [0.1, 0.15) is 0 Å². The highest BCUT2D eigenvalue weighted by atomic mass is 32.3. The minimum Gasteiger partial charge on any atom is -0.213 e. The van der Waals surface area contributed by atoms with Gasteiger partial charge in [0, 0.05) is 17.3 Å². The molecule has 0 amide bonds. The fraction of sp³-hybridized carbons (Fsp3) is 0.625. The molecular weight excluding hydrogens is 361 g/mol. The second-order valence-electron chi connectivity index (χ2n) is 5.68. The summed E-state index contributed by atoms with van der Waals surface area (Å²) in [6.45, 7) is 3.84. The Labute approximate surface area is 144 Å². The lowest BCUT2D eigenvalue weighted by Gasteiger charge is -2.39. The van der Waals surface area contributed by atoms with Gasteiger partial charge < -0.3 is 0 Å². The van der Waals surface area contributed by atoms with Crippen LogP contribution in [0.15, 0.2) is 30.3 Å². The molecule has 0 saturated carbocycles. The van der Waals surface area contributed by atoms with Crippen LogP contribution in [0, 0.1) is 0 Å². The van der Waals surface area contributed by atoms with Crippen LogP contribution in [0.3, 0.4) is 0 Å². The molecule has 0 spiro atoms. The largest absolute Gasteiger partial charge is 0.523 e. The van der Waals surface area contributed by atoms with E-state index in [4.69, 9.17) is 3.63 Å². The van der Waals surface area contributed by atoms with Gasteiger partial charge in [-0.2, -0.15) is 21.6 Å². The molecule has 0 bridgehead atoms. The van der Waals surface area contributed by atoms with Gasteiger partial charge in [-0.1, -0.05) is 57.0 Å². The van der Waals surface area contributed by atoms with E-state index in [0.29, 0.717) is 24.3 Å². The Kier molecular flexibility index (Phi) is 8.08. The number of hydrogen-bond acceptors (Lipinski definition) is 3. The highest BCUT2D eigenvalue weighted by molar-refractivity contribution is 8.32. The first-order valence-corrected chi connectivity index (χ1v) is 11.5. The summed E-state index contributed by atoms with van der Waals surface area (Å²) in [5.41, 5.74) is -4.59. The van der Waals surface area contributed by atoms with Crippen molar-refractivity contribution in [2.24, 2.45) is 0 Å². The van der Waals surface area contributed by atoms with Crippen LogP contribution in [0.25, 0.3) is 0 Å². The summed E-state index contributed by atoms with van der Waals surface area (Å²) in [6.07, 6.45) is 2.81. The molecule has 0 aliphatic carbocycles. The van der Waals surface area contributed by atoms with Crippen LogP contribution in [-0.2, 0) is 19.5 Å². The van der Waals surface area contributed by atoms with Gasteiger partial charge in [0.15, 0.2) is 0 Å². The van der Waals surface area contributed by atoms with Crippen LogP contribution in [-0.4, -0.2) is 25.4 Å². The Morgan fingerprint density at radius 2 is 1.46 bits per heavy atom. The zero-order valence-corrected chi connectivity index (χ0v) is 15.6. The third kappa shape index (κ3) is 6.29. The van der Waals surface area contributed by atoms with Gasteiger partial charge in [0.2, 0.25) is 0 Å². The molecule has 0 atom stereocenters. The highest BCUT2D eigenvalue weighted by Gasteiger charge is 2.50. The molecule has 24 heavy (non-hydrogen) atoms. The summed E-state index contributed by atoms with van der Waals surface area (Å²) >= 11 is 0. The Morgan fingerprint density at radius 3 is 1.88 bits per heavy atom. The van der Waals surface area contributed by atoms with Crippen molar-refractivity contribution in [3.05, 3.63) is 35.9 Å². The van der Waals surface area contributed by atoms with Crippen LogP contribution in [0.5, 0.6) is 0 Å². The maximum atomic E-state index is 12.8. The van der Waals surface area contributed by atoms with Crippen molar-refractivity contribution in [3.8, 4) is 0 Å². The standard InChI is InChI=1S/C16H25F3O3S2/c1-3-5-12-23(13-6-4-2,14-15-10-8-7-9-11-15)22-24(20,21)16(17,18)19/h7-11H,3-6,12-14H2,1-2H3. The Morgan fingerprint density at radius 1 is 0.958 bits per heavy atom. The summed E-state index contributed by atoms with van der Waals surface area (Å²) in [5.74, 6) is 0.935. The van der Waals surface area contributed by atoms with E-state index in [1.165, 1.54) is 0 Å². The van der Waals surface area contributed by atoms with Gasteiger partial charge in [0.05, 0.1) is 0 Å². The molecular formula is C16H25F3O3S2. The fourth-order valence-electron chi connectivity index (χ4n) is 2.26. The lowest BCUT2D eigenvalue weighted by atomic mass is 10.2. The first-order chi connectivity index (χ1) is 11.2. The summed E-state index contributed by atoms with van der Waals surface area (Å²) in [4.78, 5) is 0. The number of hydrogen-bond donors (Lipinski definition) is 0. The first kappa shape index (κ1) is 21.3. The van der Waals surface area contributed by atoms with E-state index in [1.807, 2.05) is 19.9 Å². The molecule has 3 nitrogen and oxygen atoms in total. The minimum absolute atomic E-state index is 0.225. The molecule has 0 aliphatic rings. The molecule has 0 heterocycles. The van der Waals surface area contributed by atoms with Gasteiger partial charge in [-0.15, -0.1) is 10.3 Å². The quantitative estimate of drug-likeness (QED) is 0.508. The van der Waals surface area contributed by atoms with Crippen molar-refractivity contribution in [2.45, 2.75) is 50.8 Å². The molecule has 0 fully saturated rings. The van der Waals surface area contributed by atoms with E-state index in [2.05, 4.69) is 0 Å². The van der Waals surface area contributed by atoms with Crippen molar-refractivity contribution in [3.63, 3.8) is 0 Å². The number of alkyl halides is 3. The number of halogens is 3. The van der Waals surface area contributed by atoms with Crippen LogP contribution in [0.2, 0.25) is 0 Å². The predicted molar refractivity (Wildman–Crippen MR) is 93.3 cm³/mol. The van der Waals surface area contributed by atoms with Crippen molar-refractivity contribution in [1.82, 2.24) is 0 Å². The van der Waals surface area contributed by atoms with Gasteiger partial charge in [-0.25, -0.2) is 3.63 Å². The SMILES string of the molecule is CCCCS(CCCC)(Cc1ccccc1)OS(=O)(=O)C(F)(F)F. The molecule has 0 saturated heterocycles. The Hall–Kier alpha value is -0.730. The minimum atomic E-state index is -5.60. The first-order valence-electron chi connectivity index (χ1n) is 7.98. The number of unbranched alkanes of at least 4 members (excludes halogenated alkanes) is 2. The van der Waals surface area contributed by atoms with E-state index in [0.717, 1.165) is 18.4 Å². The van der Waals surface area contributed by atoms with E-state index in [1.54, 1.807) is 24.3 Å². The second kappa shape index (κ2) is 9.10. The summed E-state index contributed by atoms with van der Waals surface area (Å²) in [6, 6.07) is 8.98. The molecule has 0 radical (unpaired) electrons. The van der Waals surface area contributed by atoms with Crippen molar-refractivity contribution in [1.29, 1.82) is 0 Å². The average molecular weight is 387 g/mol. The topological polar surface area (TPSA) is 43.4 Å². The zero-order valence-electron chi connectivity index (χ0n) is 14.0. The van der Waals surface area contributed by atoms with Crippen LogP contribution in [0.1, 0.15) is 45.1 Å². The predicted octanol–water partition coefficient (Wildman–Crippen LogP) is 5.37. The maximum absolute atomic E-state index is 12.8. The van der Waals surface area contributed by atoms with Gasteiger partial charge in [-0.3, -0.25) is 0 Å².